The smallest absolute Gasteiger partial charge is 0.321 e. The Morgan fingerprint density at radius 3 is 1.25 bits per heavy atom. The van der Waals surface area contributed by atoms with E-state index in [-0.39, 0.29) is 37.5 Å². The number of nitrogens with one attached hydrogen (secondary N) is 2. The van der Waals surface area contributed by atoms with Crippen molar-refractivity contribution in [1.29, 1.82) is 0 Å². The summed E-state index contributed by atoms with van der Waals surface area (Å²) < 4.78 is 0. The molecule has 4 N–H and O–H groups in total. The third-order valence-corrected chi connectivity index (χ3v) is 5.12. The first-order valence-corrected chi connectivity index (χ1v) is 10.4. The van der Waals surface area contributed by atoms with Crippen LogP contribution in [0.25, 0.3) is 0 Å². The number of halogens is 2. The summed E-state index contributed by atoms with van der Waals surface area (Å²) in [5.41, 5.74) is 0.680. The van der Waals surface area contributed by atoms with E-state index in [1.807, 2.05) is 0 Å². The molecule has 2 aromatic carbocycles. The van der Waals surface area contributed by atoms with Crippen molar-refractivity contribution in [2.75, 3.05) is 13.1 Å². The van der Waals surface area contributed by atoms with Gasteiger partial charge in [-0.15, -0.1) is 0 Å². The molecule has 0 fully saturated rings. The van der Waals surface area contributed by atoms with Crippen LogP contribution < -0.4 is 10.6 Å². The molecule has 0 aliphatic carbocycles. The maximum Gasteiger partial charge on any atom is 0.321 e. The quantitative estimate of drug-likeness (QED) is 0.254. The van der Waals surface area contributed by atoms with Crippen LogP contribution >= 0.6 is 23.2 Å². The molecule has 0 spiro atoms. The van der Waals surface area contributed by atoms with Crippen molar-refractivity contribution in [2.24, 2.45) is 0 Å². The number of carbonyl (C=O) groups is 4. The molecule has 0 aliphatic heterocycles. The van der Waals surface area contributed by atoms with Crippen molar-refractivity contribution in [3.8, 4) is 0 Å². The lowest BCUT2D eigenvalue weighted by molar-refractivity contribution is -0.140. The third kappa shape index (κ3) is 8.05. The maximum atomic E-state index is 12.3. The molecule has 2 atom stereocenters. The molecule has 0 bridgehead atoms. The monoisotopic (exact) mass is 480 g/mol. The second-order valence-corrected chi connectivity index (χ2v) is 7.83. The molecule has 0 saturated heterocycles. The van der Waals surface area contributed by atoms with Crippen molar-refractivity contribution < 1.29 is 29.4 Å². The van der Waals surface area contributed by atoms with Crippen LogP contribution in [0.1, 0.15) is 33.6 Å². The highest BCUT2D eigenvalue weighted by Crippen LogP contribution is 2.13. The molecular formula is C22H22Cl2N2O6. The Hall–Kier alpha value is -2.78. The van der Waals surface area contributed by atoms with Crippen LogP contribution in [0.4, 0.5) is 0 Å². The number of hydrogen-bond donors (Lipinski definition) is 4. The molecule has 10 heteroatoms. The van der Waals surface area contributed by atoms with Crippen LogP contribution in [0.2, 0.25) is 10.0 Å². The standard InChI is InChI=1S/C22H22Cl2N2O6/c23-15-5-1-13(2-6-15)19(27)11-17(21(29)30)25-9-10-26-18(22(31)32)12-20(28)14-3-7-16(24)8-4-14/h1-8,17-18,25-26H,9-12H2,(H,29,30)(H,31,32)/t17-,18+. The summed E-state index contributed by atoms with van der Waals surface area (Å²) in [5, 5.41) is 25.1. The maximum absolute atomic E-state index is 12.3. The molecule has 0 radical (unpaired) electrons. The third-order valence-electron chi connectivity index (χ3n) is 4.61. The molecule has 0 heterocycles. The molecule has 0 saturated carbocycles. The number of carboxylic acids is 2. The summed E-state index contributed by atoms with van der Waals surface area (Å²) in [6.07, 6.45) is -0.567. The number of aliphatic carboxylic acids is 2. The number of rotatable bonds is 13. The average Bonchev–Trinajstić information content (AvgIpc) is 2.75. The first-order valence-electron chi connectivity index (χ1n) is 9.67. The van der Waals surface area contributed by atoms with Crippen LogP contribution in [-0.4, -0.2) is 58.9 Å². The highest BCUT2D eigenvalue weighted by Gasteiger charge is 2.23. The number of ketones is 2. The molecule has 0 unspecified atom stereocenters. The number of hydrogen-bond acceptors (Lipinski definition) is 6. The molecule has 0 aliphatic rings. The zero-order chi connectivity index (χ0) is 23.7. The zero-order valence-corrected chi connectivity index (χ0v) is 18.4. The summed E-state index contributed by atoms with van der Waals surface area (Å²) in [5.74, 6) is -3.15. The lowest BCUT2D eigenvalue weighted by Crippen LogP contribution is -2.45. The first-order chi connectivity index (χ1) is 15.2. The predicted octanol–water partition coefficient (Wildman–Crippen LogP) is 2.92. The van der Waals surface area contributed by atoms with E-state index < -0.39 is 24.0 Å². The number of benzene rings is 2. The fourth-order valence-electron chi connectivity index (χ4n) is 2.86. The molecule has 0 aromatic heterocycles. The van der Waals surface area contributed by atoms with Crippen LogP contribution in [0, 0.1) is 0 Å². The van der Waals surface area contributed by atoms with E-state index in [0.717, 1.165) is 0 Å². The molecule has 170 valence electrons. The summed E-state index contributed by atoms with van der Waals surface area (Å²) in [6, 6.07) is 9.91. The molecule has 2 rings (SSSR count). The van der Waals surface area contributed by atoms with Gasteiger partial charge >= 0.3 is 11.9 Å². The second-order valence-electron chi connectivity index (χ2n) is 6.96. The fraction of sp³-hybridized carbons (Fsp3) is 0.273. The Kier molecular flexibility index (Phi) is 9.80. The minimum atomic E-state index is -1.21. The summed E-state index contributed by atoms with van der Waals surface area (Å²) in [4.78, 5) is 47.5. The Bertz CT molecular complexity index is 884. The number of Topliss-reactive ketones (excluding diaryl/α,β-unsaturated/α-hetero) is 2. The largest absolute Gasteiger partial charge is 0.480 e. The zero-order valence-electron chi connectivity index (χ0n) is 16.9. The van der Waals surface area contributed by atoms with Crippen LogP contribution in [-0.2, 0) is 9.59 Å². The Morgan fingerprint density at radius 1 is 0.656 bits per heavy atom. The van der Waals surface area contributed by atoms with Gasteiger partial charge in [0, 0.05) is 47.1 Å². The number of carboxylic acid groups (broad SMARTS) is 2. The van der Waals surface area contributed by atoms with Crippen LogP contribution in [0.3, 0.4) is 0 Å². The Balaban J connectivity index is 1.85. The molecule has 8 nitrogen and oxygen atoms in total. The fourth-order valence-corrected chi connectivity index (χ4v) is 3.12. The SMILES string of the molecule is O=C(C[C@H](NCCN[C@H](CC(=O)c1ccc(Cl)cc1)C(=O)O)C(=O)O)c1ccc(Cl)cc1. The summed E-state index contributed by atoms with van der Waals surface area (Å²) in [6.45, 7) is 0.146. The van der Waals surface area contributed by atoms with Crippen molar-refractivity contribution in [3.05, 3.63) is 69.7 Å². The van der Waals surface area contributed by atoms with Crippen LogP contribution in [0.15, 0.2) is 48.5 Å². The van der Waals surface area contributed by atoms with Crippen LogP contribution in [0.5, 0.6) is 0 Å². The van der Waals surface area contributed by atoms with Gasteiger partial charge in [0.15, 0.2) is 11.6 Å². The van der Waals surface area contributed by atoms with E-state index >= 15 is 0 Å². The van der Waals surface area contributed by atoms with Gasteiger partial charge in [0.05, 0.1) is 0 Å². The lowest BCUT2D eigenvalue weighted by atomic mass is 10.0. The van der Waals surface area contributed by atoms with Crippen molar-refractivity contribution in [1.82, 2.24) is 10.6 Å². The van der Waals surface area contributed by atoms with Gasteiger partial charge in [-0.1, -0.05) is 23.2 Å². The molecule has 32 heavy (non-hydrogen) atoms. The normalized spacial score (nSPS) is 12.7. The van der Waals surface area contributed by atoms with E-state index in [2.05, 4.69) is 10.6 Å². The topological polar surface area (TPSA) is 133 Å². The highest BCUT2D eigenvalue weighted by molar-refractivity contribution is 6.31. The summed E-state index contributed by atoms with van der Waals surface area (Å²) in [7, 11) is 0. The Morgan fingerprint density at radius 2 is 0.969 bits per heavy atom. The van der Waals surface area contributed by atoms with Gasteiger partial charge in [-0.3, -0.25) is 19.2 Å². The van der Waals surface area contributed by atoms with Gasteiger partial charge in [-0.25, -0.2) is 0 Å². The van der Waals surface area contributed by atoms with Gasteiger partial charge < -0.3 is 20.8 Å². The summed E-state index contributed by atoms with van der Waals surface area (Å²) >= 11 is 11.6. The van der Waals surface area contributed by atoms with Crippen molar-refractivity contribution in [3.63, 3.8) is 0 Å². The first kappa shape index (κ1) is 25.5. The van der Waals surface area contributed by atoms with E-state index in [0.29, 0.717) is 21.2 Å². The molecule has 0 amide bonds. The minimum absolute atomic E-state index is 0.0732. The number of carbonyl (C=O) groups excluding carboxylic acids is 2. The van der Waals surface area contributed by atoms with Crippen molar-refractivity contribution in [2.45, 2.75) is 24.9 Å². The van der Waals surface area contributed by atoms with Gasteiger partial charge in [-0.2, -0.15) is 0 Å². The van der Waals surface area contributed by atoms with E-state index in [1.165, 1.54) is 24.3 Å². The highest BCUT2D eigenvalue weighted by atomic mass is 35.5. The van der Waals surface area contributed by atoms with E-state index in [1.54, 1.807) is 24.3 Å². The minimum Gasteiger partial charge on any atom is -0.480 e. The van der Waals surface area contributed by atoms with Gasteiger partial charge in [0.25, 0.3) is 0 Å². The van der Waals surface area contributed by atoms with Gasteiger partial charge in [-0.05, 0) is 48.5 Å². The molecular weight excluding hydrogens is 459 g/mol. The van der Waals surface area contributed by atoms with Gasteiger partial charge in [0.1, 0.15) is 12.1 Å². The Labute approximate surface area is 194 Å². The average molecular weight is 481 g/mol. The van der Waals surface area contributed by atoms with Crippen molar-refractivity contribution >= 4 is 46.7 Å². The predicted molar refractivity (Wildman–Crippen MR) is 120 cm³/mol. The van der Waals surface area contributed by atoms with Gasteiger partial charge in [0.2, 0.25) is 0 Å². The molecule has 2 aromatic rings. The second kappa shape index (κ2) is 12.3. The lowest BCUT2D eigenvalue weighted by Gasteiger charge is -2.17. The van der Waals surface area contributed by atoms with E-state index in [4.69, 9.17) is 23.2 Å². The van der Waals surface area contributed by atoms with E-state index in [9.17, 15) is 29.4 Å².